The van der Waals surface area contributed by atoms with Crippen molar-refractivity contribution in [2.45, 2.75) is 26.3 Å². The summed E-state index contributed by atoms with van der Waals surface area (Å²) in [5.41, 5.74) is 7.37. The van der Waals surface area contributed by atoms with Crippen LogP contribution in [0.5, 0.6) is 0 Å². The van der Waals surface area contributed by atoms with Gasteiger partial charge >= 0.3 is 0 Å². The predicted octanol–water partition coefficient (Wildman–Crippen LogP) is 2.55. The van der Waals surface area contributed by atoms with Crippen molar-refractivity contribution in [1.29, 1.82) is 0 Å². The molecule has 1 atom stereocenters. The van der Waals surface area contributed by atoms with Crippen molar-refractivity contribution in [3.8, 4) is 0 Å². The highest BCUT2D eigenvalue weighted by Gasteiger charge is 2.08. The van der Waals surface area contributed by atoms with E-state index in [1.807, 2.05) is 24.3 Å². The molecule has 2 nitrogen and oxygen atoms in total. The highest BCUT2D eigenvalue weighted by molar-refractivity contribution is 6.30. The highest BCUT2D eigenvalue weighted by Crippen LogP contribution is 2.10. The van der Waals surface area contributed by atoms with Gasteiger partial charge in [-0.05, 0) is 37.2 Å². The Bertz CT molecular complexity index is 293. The van der Waals surface area contributed by atoms with Gasteiger partial charge in [0.1, 0.15) is 0 Å². The molecule has 0 aromatic heterocycles. The molecule has 0 saturated carbocycles. The fraction of sp³-hybridized carbons (Fsp3) is 0.538. The molecule has 3 heteroatoms. The maximum Gasteiger partial charge on any atom is 0.0406 e. The molecule has 1 aromatic carbocycles. The maximum absolute atomic E-state index is 6.12. The van der Waals surface area contributed by atoms with Gasteiger partial charge in [-0.1, -0.05) is 37.6 Å². The summed E-state index contributed by atoms with van der Waals surface area (Å²) >= 11 is 5.84. The summed E-state index contributed by atoms with van der Waals surface area (Å²) in [6.07, 6.45) is 0.910. The van der Waals surface area contributed by atoms with Crippen LogP contribution in [-0.2, 0) is 6.42 Å². The molecule has 0 radical (unpaired) electrons. The third kappa shape index (κ3) is 4.52. The molecular weight excluding hydrogens is 220 g/mol. The number of hydrogen-bond donors (Lipinski definition) is 1. The number of rotatable bonds is 6. The molecule has 0 spiro atoms. The Kier molecular flexibility index (Phi) is 5.81. The van der Waals surface area contributed by atoms with Crippen molar-refractivity contribution >= 4 is 11.6 Å². The van der Waals surface area contributed by atoms with E-state index in [-0.39, 0.29) is 6.04 Å². The van der Waals surface area contributed by atoms with E-state index in [2.05, 4.69) is 18.7 Å². The Labute approximate surface area is 103 Å². The van der Waals surface area contributed by atoms with Crippen LogP contribution >= 0.6 is 11.6 Å². The van der Waals surface area contributed by atoms with Crippen LogP contribution in [0.2, 0.25) is 5.02 Å². The second-order valence-electron chi connectivity index (χ2n) is 4.08. The van der Waals surface area contributed by atoms with E-state index >= 15 is 0 Å². The summed E-state index contributed by atoms with van der Waals surface area (Å²) in [7, 11) is 0. The van der Waals surface area contributed by atoms with Gasteiger partial charge in [-0.15, -0.1) is 0 Å². The molecule has 1 aromatic rings. The first-order valence-corrected chi connectivity index (χ1v) is 6.25. The second-order valence-corrected chi connectivity index (χ2v) is 4.51. The molecule has 0 aliphatic carbocycles. The van der Waals surface area contributed by atoms with Crippen molar-refractivity contribution in [2.24, 2.45) is 5.73 Å². The average Bonchev–Trinajstić information content (AvgIpc) is 2.29. The number of halogens is 1. The summed E-state index contributed by atoms with van der Waals surface area (Å²) in [5.74, 6) is 0. The third-order valence-corrected chi connectivity index (χ3v) is 3.05. The van der Waals surface area contributed by atoms with E-state index in [0.29, 0.717) is 0 Å². The first-order valence-electron chi connectivity index (χ1n) is 5.88. The van der Waals surface area contributed by atoms with Crippen LogP contribution in [0.15, 0.2) is 24.3 Å². The minimum atomic E-state index is 0.195. The molecular formula is C13H21ClN2. The maximum atomic E-state index is 6.12. The van der Waals surface area contributed by atoms with E-state index in [0.717, 1.165) is 31.1 Å². The zero-order chi connectivity index (χ0) is 12.0. The van der Waals surface area contributed by atoms with Gasteiger partial charge < -0.3 is 10.6 Å². The van der Waals surface area contributed by atoms with Gasteiger partial charge in [0.15, 0.2) is 0 Å². The van der Waals surface area contributed by atoms with Crippen LogP contribution in [0.3, 0.4) is 0 Å². The third-order valence-electron chi connectivity index (χ3n) is 2.80. The van der Waals surface area contributed by atoms with Gasteiger partial charge in [-0.2, -0.15) is 0 Å². The van der Waals surface area contributed by atoms with Gasteiger partial charge in [0.25, 0.3) is 0 Å². The minimum absolute atomic E-state index is 0.195. The first kappa shape index (κ1) is 13.5. The fourth-order valence-corrected chi connectivity index (χ4v) is 1.93. The molecule has 1 rings (SSSR count). The molecule has 0 bridgehead atoms. The topological polar surface area (TPSA) is 29.3 Å². The second kappa shape index (κ2) is 6.89. The van der Waals surface area contributed by atoms with Crippen LogP contribution in [0.4, 0.5) is 0 Å². The van der Waals surface area contributed by atoms with E-state index in [4.69, 9.17) is 17.3 Å². The van der Waals surface area contributed by atoms with Crippen molar-refractivity contribution in [3.05, 3.63) is 34.9 Å². The van der Waals surface area contributed by atoms with Crippen LogP contribution in [0, 0.1) is 0 Å². The molecule has 0 saturated heterocycles. The lowest BCUT2D eigenvalue weighted by atomic mass is 10.1. The number of benzene rings is 1. The van der Waals surface area contributed by atoms with Crippen molar-refractivity contribution < 1.29 is 0 Å². The van der Waals surface area contributed by atoms with Crippen LogP contribution in [0.1, 0.15) is 19.4 Å². The number of nitrogens with zero attached hydrogens (tertiary/aromatic N) is 1. The Morgan fingerprint density at radius 1 is 1.19 bits per heavy atom. The van der Waals surface area contributed by atoms with E-state index in [9.17, 15) is 0 Å². The number of hydrogen-bond acceptors (Lipinski definition) is 2. The summed E-state index contributed by atoms with van der Waals surface area (Å²) in [6.45, 7) is 7.41. The molecule has 0 aliphatic heterocycles. The molecule has 0 aliphatic rings. The number of nitrogens with two attached hydrogens (primary N) is 1. The van der Waals surface area contributed by atoms with Gasteiger partial charge in [0, 0.05) is 17.6 Å². The molecule has 16 heavy (non-hydrogen) atoms. The van der Waals surface area contributed by atoms with Gasteiger partial charge in [0.05, 0.1) is 0 Å². The lowest BCUT2D eigenvalue weighted by molar-refractivity contribution is 0.282. The molecule has 0 heterocycles. The molecule has 1 unspecified atom stereocenters. The van der Waals surface area contributed by atoms with Crippen molar-refractivity contribution in [2.75, 3.05) is 19.6 Å². The standard InChI is InChI=1S/C13H21ClN2/c1-3-16(4-2)10-13(15)9-11-5-7-12(14)8-6-11/h5-8,13H,3-4,9-10,15H2,1-2H3. The summed E-state index contributed by atoms with van der Waals surface area (Å²) in [6, 6.07) is 8.12. The highest BCUT2D eigenvalue weighted by atomic mass is 35.5. The average molecular weight is 241 g/mol. The number of likely N-dealkylation sites (N-methyl/N-ethyl adjacent to an activating group) is 1. The zero-order valence-electron chi connectivity index (χ0n) is 10.1. The largest absolute Gasteiger partial charge is 0.326 e. The van der Waals surface area contributed by atoms with Gasteiger partial charge in [-0.25, -0.2) is 0 Å². The van der Waals surface area contributed by atoms with E-state index in [1.54, 1.807) is 0 Å². The van der Waals surface area contributed by atoms with Crippen molar-refractivity contribution in [1.82, 2.24) is 4.90 Å². The van der Waals surface area contributed by atoms with Crippen molar-refractivity contribution in [3.63, 3.8) is 0 Å². The smallest absolute Gasteiger partial charge is 0.0406 e. The lowest BCUT2D eigenvalue weighted by Gasteiger charge is -2.22. The summed E-state index contributed by atoms with van der Waals surface area (Å²) in [5, 5.41) is 0.779. The molecule has 90 valence electrons. The normalized spacial score (nSPS) is 13.1. The fourth-order valence-electron chi connectivity index (χ4n) is 1.80. The van der Waals surface area contributed by atoms with Crippen LogP contribution < -0.4 is 5.73 Å². The predicted molar refractivity (Wildman–Crippen MR) is 70.9 cm³/mol. The molecule has 0 fully saturated rings. The SMILES string of the molecule is CCN(CC)CC(N)Cc1ccc(Cl)cc1. The van der Waals surface area contributed by atoms with Gasteiger partial charge in [0.2, 0.25) is 0 Å². The quantitative estimate of drug-likeness (QED) is 0.828. The lowest BCUT2D eigenvalue weighted by Crippen LogP contribution is -2.38. The molecule has 2 N–H and O–H groups in total. The molecule has 0 amide bonds. The van der Waals surface area contributed by atoms with Crippen LogP contribution in [-0.4, -0.2) is 30.6 Å². The van der Waals surface area contributed by atoms with Gasteiger partial charge in [-0.3, -0.25) is 0 Å². The monoisotopic (exact) mass is 240 g/mol. The summed E-state index contributed by atoms with van der Waals surface area (Å²) < 4.78 is 0. The Hall–Kier alpha value is -0.570. The summed E-state index contributed by atoms with van der Waals surface area (Å²) in [4.78, 5) is 2.35. The Balaban J connectivity index is 2.44. The minimum Gasteiger partial charge on any atom is -0.326 e. The Morgan fingerprint density at radius 3 is 2.25 bits per heavy atom. The van der Waals surface area contributed by atoms with E-state index < -0.39 is 0 Å². The van der Waals surface area contributed by atoms with E-state index in [1.165, 1.54) is 5.56 Å². The first-order chi connectivity index (χ1) is 7.65. The Morgan fingerprint density at radius 2 is 1.75 bits per heavy atom. The zero-order valence-corrected chi connectivity index (χ0v) is 10.9. The van der Waals surface area contributed by atoms with Crippen LogP contribution in [0.25, 0.3) is 0 Å².